The monoisotopic (exact) mass is 238 g/mol. The van der Waals surface area contributed by atoms with Crippen LogP contribution in [0.1, 0.15) is 46.0 Å². The van der Waals surface area contributed by atoms with Gasteiger partial charge in [-0.05, 0) is 31.7 Å². The summed E-state index contributed by atoms with van der Waals surface area (Å²) in [6.45, 7) is 12.9. The minimum absolute atomic E-state index is 0.819. The molecule has 100 valence electrons. The molecule has 1 fully saturated rings. The minimum Gasteiger partial charge on any atom is -0.312 e. The van der Waals surface area contributed by atoms with Crippen LogP contribution >= 0.6 is 0 Å². The molecule has 0 aliphatic heterocycles. The van der Waals surface area contributed by atoms with Crippen LogP contribution in [0.2, 0.25) is 0 Å². The summed E-state index contributed by atoms with van der Waals surface area (Å²) in [5, 5.41) is 3.42. The van der Waals surface area contributed by atoms with Crippen molar-refractivity contribution in [2.75, 3.05) is 26.2 Å². The van der Waals surface area contributed by atoms with E-state index < -0.39 is 0 Å². The molecule has 0 bridgehead atoms. The van der Waals surface area contributed by atoms with Crippen LogP contribution in [0.3, 0.4) is 0 Å². The van der Waals surface area contributed by atoms with Gasteiger partial charge in [0, 0.05) is 25.7 Å². The molecule has 0 spiro atoms. The molecular formula is C15H30N2. The van der Waals surface area contributed by atoms with E-state index in [-0.39, 0.29) is 0 Å². The van der Waals surface area contributed by atoms with E-state index in [1.807, 2.05) is 6.08 Å². The highest BCUT2D eigenvalue weighted by Gasteiger charge is 2.21. The average Bonchev–Trinajstić information content (AvgIpc) is 2.81. The maximum atomic E-state index is 3.74. The Morgan fingerprint density at radius 2 is 2.00 bits per heavy atom. The summed E-state index contributed by atoms with van der Waals surface area (Å²) in [7, 11) is 0. The van der Waals surface area contributed by atoms with Gasteiger partial charge in [-0.2, -0.15) is 0 Å². The molecule has 0 atom stereocenters. The molecular weight excluding hydrogens is 208 g/mol. The fourth-order valence-electron chi connectivity index (χ4n) is 2.60. The number of hydrogen-bond donors (Lipinski definition) is 1. The Morgan fingerprint density at radius 1 is 1.29 bits per heavy atom. The molecule has 0 aromatic rings. The molecule has 1 saturated carbocycles. The molecule has 17 heavy (non-hydrogen) atoms. The number of hydrogen-bond acceptors (Lipinski definition) is 2. The van der Waals surface area contributed by atoms with Gasteiger partial charge in [-0.15, -0.1) is 6.58 Å². The molecule has 0 amide bonds. The van der Waals surface area contributed by atoms with Crippen LogP contribution in [-0.4, -0.2) is 37.1 Å². The summed E-state index contributed by atoms with van der Waals surface area (Å²) in [4.78, 5) is 2.71. The van der Waals surface area contributed by atoms with Gasteiger partial charge in [0.05, 0.1) is 0 Å². The molecule has 0 heterocycles. The van der Waals surface area contributed by atoms with E-state index in [2.05, 4.69) is 30.6 Å². The van der Waals surface area contributed by atoms with E-state index in [9.17, 15) is 0 Å². The third-order valence-electron chi connectivity index (χ3n) is 3.70. The summed E-state index contributed by atoms with van der Waals surface area (Å²) in [6, 6.07) is 0.860. The summed E-state index contributed by atoms with van der Waals surface area (Å²) >= 11 is 0. The largest absolute Gasteiger partial charge is 0.312 e. The lowest BCUT2D eigenvalue weighted by atomic mass is 10.1. The first-order valence-electron chi connectivity index (χ1n) is 7.29. The number of nitrogens with zero attached hydrogens (tertiary/aromatic N) is 1. The van der Waals surface area contributed by atoms with Crippen molar-refractivity contribution < 1.29 is 0 Å². The fraction of sp³-hybridized carbons (Fsp3) is 0.867. The first kappa shape index (κ1) is 14.7. The number of nitrogens with one attached hydrogen (secondary N) is 1. The highest BCUT2D eigenvalue weighted by atomic mass is 15.2. The molecule has 2 heteroatoms. The van der Waals surface area contributed by atoms with Gasteiger partial charge in [0.25, 0.3) is 0 Å². The van der Waals surface area contributed by atoms with Crippen LogP contribution < -0.4 is 5.32 Å². The van der Waals surface area contributed by atoms with Crippen molar-refractivity contribution >= 4 is 0 Å². The van der Waals surface area contributed by atoms with E-state index in [4.69, 9.17) is 0 Å². The van der Waals surface area contributed by atoms with Crippen molar-refractivity contribution in [3.63, 3.8) is 0 Å². The molecule has 0 aromatic carbocycles. The highest BCUT2D eigenvalue weighted by molar-refractivity contribution is 4.79. The van der Waals surface area contributed by atoms with E-state index in [1.54, 1.807) is 0 Å². The molecule has 0 saturated heterocycles. The zero-order valence-electron chi connectivity index (χ0n) is 11.8. The predicted molar refractivity (Wildman–Crippen MR) is 76.4 cm³/mol. The quantitative estimate of drug-likeness (QED) is 0.490. The minimum atomic E-state index is 0.819. The third-order valence-corrected chi connectivity index (χ3v) is 3.70. The molecule has 1 rings (SSSR count). The molecule has 0 aromatic heterocycles. The van der Waals surface area contributed by atoms with E-state index in [0.717, 1.165) is 25.0 Å². The van der Waals surface area contributed by atoms with Gasteiger partial charge in [-0.1, -0.05) is 32.8 Å². The summed E-state index contributed by atoms with van der Waals surface area (Å²) in [5.41, 5.74) is 0. The first-order chi connectivity index (χ1) is 8.24. The molecule has 1 aliphatic rings. The zero-order chi connectivity index (χ0) is 12.5. The lowest BCUT2D eigenvalue weighted by Crippen LogP contribution is -2.39. The predicted octanol–water partition coefficient (Wildman–Crippen LogP) is 3.05. The Bertz CT molecular complexity index is 195. The van der Waals surface area contributed by atoms with Gasteiger partial charge in [0.15, 0.2) is 0 Å². The van der Waals surface area contributed by atoms with Gasteiger partial charge < -0.3 is 5.32 Å². The Morgan fingerprint density at radius 3 is 2.59 bits per heavy atom. The lowest BCUT2D eigenvalue weighted by Gasteiger charge is -2.29. The van der Waals surface area contributed by atoms with Crippen LogP contribution in [0.15, 0.2) is 12.7 Å². The van der Waals surface area contributed by atoms with Crippen molar-refractivity contribution in [2.45, 2.75) is 52.0 Å². The fourth-order valence-corrected chi connectivity index (χ4v) is 2.60. The van der Waals surface area contributed by atoms with Crippen molar-refractivity contribution in [3.8, 4) is 0 Å². The van der Waals surface area contributed by atoms with Crippen molar-refractivity contribution in [1.82, 2.24) is 10.2 Å². The Balaban J connectivity index is 2.27. The van der Waals surface area contributed by atoms with Crippen molar-refractivity contribution in [1.29, 1.82) is 0 Å². The van der Waals surface area contributed by atoms with Gasteiger partial charge in [-0.25, -0.2) is 0 Å². The molecule has 0 unspecified atom stereocenters. The molecule has 0 radical (unpaired) electrons. The lowest BCUT2D eigenvalue weighted by molar-refractivity contribution is 0.189. The van der Waals surface area contributed by atoms with E-state index >= 15 is 0 Å². The summed E-state index contributed by atoms with van der Waals surface area (Å²) in [5.74, 6) is 0.819. The Labute approximate surface area is 107 Å². The highest BCUT2D eigenvalue weighted by Crippen LogP contribution is 2.23. The Kier molecular flexibility index (Phi) is 7.54. The SMILES string of the molecule is C=CCNCCN(CCC(C)C)C1CCCC1. The summed E-state index contributed by atoms with van der Waals surface area (Å²) < 4.78 is 0. The van der Waals surface area contributed by atoms with Gasteiger partial charge in [-0.3, -0.25) is 4.90 Å². The van der Waals surface area contributed by atoms with Crippen molar-refractivity contribution in [2.24, 2.45) is 5.92 Å². The second-order valence-corrected chi connectivity index (χ2v) is 5.65. The maximum absolute atomic E-state index is 3.74. The van der Waals surface area contributed by atoms with Gasteiger partial charge >= 0.3 is 0 Å². The van der Waals surface area contributed by atoms with Crippen molar-refractivity contribution in [3.05, 3.63) is 12.7 Å². The van der Waals surface area contributed by atoms with Crippen LogP contribution in [-0.2, 0) is 0 Å². The molecule has 2 nitrogen and oxygen atoms in total. The standard InChI is InChI=1S/C15H30N2/c1-4-10-16-11-13-17(12-9-14(2)3)15-7-5-6-8-15/h4,14-16H,1,5-13H2,2-3H3. The second-order valence-electron chi connectivity index (χ2n) is 5.65. The maximum Gasteiger partial charge on any atom is 0.0132 e. The van der Waals surface area contributed by atoms with Crippen LogP contribution in [0, 0.1) is 5.92 Å². The topological polar surface area (TPSA) is 15.3 Å². The smallest absolute Gasteiger partial charge is 0.0132 e. The zero-order valence-corrected chi connectivity index (χ0v) is 11.8. The second kappa shape index (κ2) is 8.71. The molecule has 1 aliphatic carbocycles. The summed E-state index contributed by atoms with van der Waals surface area (Å²) in [6.07, 6.45) is 8.97. The van der Waals surface area contributed by atoms with E-state index in [1.165, 1.54) is 45.2 Å². The van der Waals surface area contributed by atoms with Gasteiger partial charge in [0.2, 0.25) is 0 Å². The van der Waals surface area contributed by atoms with Crippen LogP contribution in [0.4, 0.5) is 0 Å². The normalized spacial score (nSPS) is 17.2. The third kappa shape index (κ3) is 6.23. The average molecular weight is 238 g/mol. The van der Waals surface area contributed by atoms with E-state index in [0.29, 0.717) is 0 Å². The number of rotatable bonds is 9. The molecule has 1 N–H and O–H groups in total. The van der Waals surface area contributed by atoms with Crippen LogP contribution in [0.25, 0.3) is 0 Å². The first-order valence-corrected chi connectivity index (χ1v) is 7.29. The van der Waals surface area contributed by atoms with Crippen LogP contribution in [0.5, 0.6) is 0 Å². The van der Waals surface area contributed by atoms with Gasteiger partial charge in [0.1, 0.15) is 0 Å². The Hall–Kier alpha value is -0.340.